The van der Waals surface area contributed by atoms with Gasteiger partial charge in [-0.05, 0) is 58.4 Å². The minimum Gasteiger partial charge on any atom is -0.508 e. The molecule has 1 aromatic heterocycles. The Morgan fingerprint density at radius 3 is 2.48 bits per heavy atom. The number of hydrogen-bond donors (Lipinski definition) is 3. The average Bonchev–Trinajstić information content (AvgIpc) is 3.13. The lowest BCUT2D eigenvalue weighted by molar-refractivity contribution is -0.0232. The van der Waals surface area contributed by atoms with E-state index < -0.39 is 11.7 Å². The van der Waals surface area contributed by atoms with Gasteiger partial charge in [0, 0.05) is 29.2 Å². The van der Waals surface area contributed by atoms with Gasteiger partial charge in [-0.25, -0.2) is 0 Å². The van der Waals surface area contributed by atoms with Crippen molar-refractivity contribution < 1.29 is 24.5 Å². The number of phenolic OH excluding ortho intramolecular Hbond substituents is 2. The third kappa shape index (κ3) is 3.79. The van der Waals surface area contributed by atoms with Crippen molar-refractivity contribution in [1.29, 1.82) is 0 Å². The van der Waals surface area contributed by atoms with E-state index in [9.17, 15) is 20.1 Å². The highest BCUT2D eigenvalue weighted by molar-refractivity contribution is 5.92. The number of phenols is 2. The van der Waals surface area contributed by atoms with E-state index in [1.54, 1.807) is 26.0 Å². The lowest BCUT2D eigenvalue weighted by atomic mass is 9.94. The topological polar surface area (TPSA) is 100 Å². The molecule has 1 aliphatic rings. The first-order valence-electron chi connectivity index (χ1n) is 10.2. The highest BCUT2D eigenvalue weighted by atomic mass is 16.5. The zero-order chi connectivity index (χ0) is 22.5. The molecule has 2 aromatic carbocycles. The maximum atomic E-state index is 13.1. The Hall–Kier alpha value is -3.25. The molecule has 3 N–H and O–H groups in total. The molecule has 0 bridgehead atoms. The molecule has 6 heteroatoms. The van der Waals surface area contributed by atoms with E-state index in [4.69, 9.17) is 9.15 Å². The zero-order valence-electron chi connectivity index (χ0n) is 18.0. The predicted octanol–water partition coefficient (Wildman–Crippen LogP) is 4.45. The van der Waals surface area contributed by atoms with Gasteiger partial charge in [0.1, 0.15) is 40.1 Å². The standard InChI is InChI=1S/C25H26O6/c1-13(2)5-10-16-22(28)21-18(27)12-19(14-6-8-15(26)9-7-14)30-24(21)17-11-20(25(3,4)29)31-23(16)17/h5-9,12,20,26,28-29H,10-11H2,1-4H3. The number of fused-ring (bicyclic) bond motifs is 3. The number of ether oxygens (including phenoxy) is 1. The molecule has 0 radical (unpaired) electrons. The Balaban J connectivity index is 1.99. The molecular formula is C25H26O6. The second-order valence-corrected chi connectivity index (χ2v) is 8.81. The summed E-state index contributed by atoms with van der Waals surface area (Å²) in [7, 11) is 0. The van der Waals surface area contributed by atoms with Crippen LogP contribution in [-0.4, -0.2) is 27.0 Å². The summed E-state index contributed by atoms with van der Waals surface area (Å²) in [5.74, 6) is 0.730. The molecule has 2 heterocycles. The smallest absolute Gasteiger partial charge is 0.197 e. The third-order valence-corrected chi connectivity index (χ3v) is 5.60. The minimum absolute atomic E-state index is 0.107. The number of benzene rings is 2. The van der Waals surface area contributed by atoms with Crippen LogP contribution in [0.25, 0.3) is 22.3 Å². The van der Waals surface area contributed by atoms with Crippen LogP contribution in [0, 0.1) is 0 Å². The van der Waals surface area contributed by atoms with Crippen LogP contribution in [0.1, 0.15) is 38.8 Å². The molecule has 31 heavy (non-hydrogen) atoms. The molecule has 1 aliphatic heterocycles. The van der Waals surface area contributed by atoms with E-state index in [2.05, 4.69) is 0 Å². The maximum absolute atomic E-state index is 13.1. The molecule has 1 unspecified atom stereocenters. The van der Waals surface area contributed by atoms with Crippen LogP contribution >= 0.6 is 0 Å². The van der Waals surface area contributed by atoms with Crippen LogP contribution in [0.2, 0.25) is 0 Å². The van der Waals surface area contributed by atoms with Gasteiger partial charge in [0.15, 0.2) is 5.43 Å². The van der Waals surface area contributed by atoms with Crippen molar-refractivity contribution in [2.75, 3.05) is 0 Å². The average molecular weight is 422 g/mol. The van der Waals surface area contributed by atoms with Gasteiger partial charge in [-0.2, -0.15) is 0 Å². The molecule has 0 fully saturated rings. The number of rotatable bonds is 4. The molecule has 0 saturated carbocycles. The summed E-state index contributed by atoms with van der Waals surface area (Å²) < 4.78 is 12.2. The molecule has 0 aliphatic carbocycles. The molecule has 3 aromatic rings. The highest BCUT2D eigenvalue weighted by Gasteiger charge is 2.39. The molecule has 0 saturated heterocycles. The van der Waals surface area contributed by atoms with E-state index in [0.29, 0.717) is 41.0 Å². The molecule has 0 amide bonds. The van der Waals surface area contributed by atoms with Gasteiger partial charge < -0.3 is 24.5 Å². The Morgan fingerprint density at radius 2 is 1.87 bits per heavy atom. The van der Waals surface area contributed by atoms with Crippen LogP contribution in [0.4, 0.5) is 0 Å². The van der Waals surface area contributed by atoms with E-state index >= 15 is 0 Å². The van der Waals surface area contributed by atoms with Crippen LogP contribution in [0.3, 0.4) is 0 Å². The molecule has 4 rings (SSSR count). The van der Waals surface area contributed by atoms with Gasteiger partial charge in [0.25, 0.3) is 0 Å². The number of hydrogen-bond acceptors (Lipinski definition) is 6. The molecule has 162 valence electrons. The van der Waals surface area contributed by atoms with Gasteiger partial charge in [-0.1, -0.05) is 11.6 Å². The summed E-state index contributed by atoms with van der Waals surface area (Å²) in [6, 6.07) is 7.67. The Morgan fingerprint density at radius 1 is 1.19 bits per heavy atom. The first-order chi connectivity index (χ1) is 14.6. The van der Waals surface area contributed by atoms with Crippen LogP contribution in [-0.2, 0) is 12.8 Å². The van der Waals surface area contributed by atoms with Crippen molar-refractivity contribution in [1.82, 2.24) is 0 Å². The molecule has 0 spiro atoms. The summed E-state index contributed by atoms with van der Waals surface area (Å²) in [4.78, 5) is 13.1. The lowest BCUT2D eigenvalue weighted by Gasteiger charge is -2.24. The van der Waals surface area contributed by atoms with Crippen molar-refractivity contribution >= 4 is 11.0 Å². The normalized spacial score (nSPS) is 15.6. The van der Waals surface area contributed by atoms with E-state index in [-0.39, 0.29) is 27.9 Å². The lowest BCUT2D eigenvalue weighted by Crippen LogP contribution is -2.39. The van der Waals surface area contributed by atoms with Gasteiger partial charge >= 0.3 is 0 Å². The maximum Gasteiger partial charge on any atom is 0.197 e. The Bertz CT molecular complexity index is 1240. The molecule has 1 atom stereocenters. The SMILES string of the molecule is CC(C)=CCc1c2c(c3oc(-c4ccc(O)cc4)cc(=O)c3c1O)CC(C(C)(C)O)O2. The third-order valence-electron chi connectivity index (χ3n) is 5.60. The Kier molecular flexibility index (Phi) is 5.06. The van der Waals surface area contributed by atoms with E-state index in [0.717, 1.165) is 5.57 Å². The minimum atomic E-state index is -1.12. The fourth-order valence-electron chi connectivity index (χ4n) is 3.83. The van der Waals surface area contributed by atoms with E-state index in [1.807, 2.05) is 19.9 Å². The summed E-state index contributed by atoms with van der Waals surface area (Å²) >= 11 is 0. The van der Waals surface area contributed by atoms with Crippen LogP contribution < -0.4 is 10.2 Å². The summed E-state index contributed by atoms with van der Waals surface area (Å²) in [5, 5.41) is 31.2. The number of aliphatic hydroxyl groups is 1. The molecule has 6 nitrogen and oxygen atoms in total. The summed E-state index contributed by atoms with van der Waals surface area (Å²) in [5.41, 5.74) is 1.64. The molecular weight excluding hydrogens is 396 g/mol. The van der Waals surface area contributed by atoms with Gasteiger partial charge in [0.2, 0.25) is 0 Å². The predicted molar refractivity (Wildman–Crippen MR) is 119 cm³/mol. The van der Waals surface area contributed by atoms with Gasteiger partial charge in [0.05, 0.1) is 5.60 Å². The van der Waals surface area contributed by atoms with Gasteiger partial charge in [-0.15, -0.1) is 0 Å². The summed E-state index contributed by atoms with van der Waals surface area (Å²) in [6.45, 7) is 7.24. The van der Waals surface area contributed by atoms with Crippen molar-refractivity contribution in [3.8, 4) is 28.6 Å². The van der Waals surface area contributed by atoms with Crippen molar-refractivity contribution in [3.05, 3.63) is 63.3 Å². The first kappa shape index (κ1) is 21.0. The van der Waals surface area contributed by atoms with Crippen LogP contribution in [0.5, 0.6) is 17.2 Å². The van der Waals surface area contributed by atoms with Crippen molar-refractivity contribution in [2.24, 2.45) is 0 Å². The number of aromatic hydroxyl groups is 2. The zero-order valence-corrected chi connectivity index (χ0v) is 18.0. The quantitative estimate of drug-likeness (QED) is 0.537. The second-order valence-electron chi connectivity index (χ2n) is 8.81. The Labute approximate surface area is 180 Å². The fourth-order valence-corrected chi connectivity index (χ4v) is 3.83. The second kappa shape index (κ2) is 7.46. The van der Waals surface area contributed by atoms with E-state index in [1.165, 1.54) is 18.2 Å². The monoisotopic (exact) mass is 422 g/mol. The fraction of sp³-hybridized carbons (Fsp3) is 0.320. The number of allylic oxidation sites excluding steroid dienone is 2. The first-order valence-corrected chi connectivity index (χ1v) is 10.2. The highest BCUT2D eigenvalue weighted by Crippen LogP contribution is 2.46. The van der Waals surface area contributed by atoms with Crippen LogP contribution in [0.15, 0.2) is 51.2 Å². The van der Waals surface area contributed by atoms with Crippen molar-refractivity contribution in [2.45, 2.75) is 52.2 Å². The van der Waals surface area contributed by atoms with Crippen molar-refractivity contribution in [3.63, 3.8) is 0 Å². The summed E-state index contributed by atoms with van der Waals surface area (Å²) in [6.07, 6.45) is 2.15. The van der Waals surface area contributed by atoms with Gasteiger partial charge in [-0.3, -0.25) is 4.79 Å². The largest absolute Gasteiger partial charge is 0.508 e.